The second-order valence-electron chi connectivity index (χ2n) is 7.86. The molecule has 0 saturated carbocycles. The van der Waals surface area contributed by atoms with Crippen LogP contribution in [-0.2, 0) is 14.6 Å². The number of nitrogens with zero attached hydrogens (tertiary/aromatic N) is 2. The average molecular weight is 396 g/mol. The van der Waals surface area contributed by atoms with Crippen LogP contribution in [0.15, 0.2) is 18.2 Å². The Kier molecular flexibility index (Phi) is 5.29. The van der Waals surface area contributed by atoms with Crippen LogP contribution < -0.4 is 0 Å². The molecule has 0 bridgehead atoms. The quantitative estimate of drug-likeness (QED) is 0.778. The number of carbonyl (C=O) groups is 2. The Morgan fingerprint density at radius 2 is 1.74 bits per heavy atom. The number of piperazine rings is 1. The zero-order valence-electron chi connectivity index (χ0n) is 15.8. The van der Waals surface area contributed by atoms with Crippen LogP contribution in [0.5, 0.6) is 0 Å². The highest BCUT2D eigenvalue weighted by Crippen LogP contribution is 2.29. The van der Waals surface area contributed by atoms with Crippen molar-refractivity contribution in [2.24, 2.45) is 5.92 Å². The van der Waals surface area contributed by atoms with Crippen molar-refractivity contribution in [2.75, 3.05) is 24.6 Å². The number of hydrogen-bond donors (Lipinski definition) is 0. The van der Waals surface area contributed by atoms with Crippen molar-refractivity contribution < 1.29 is 22.4 Å². The van der Waals surface area contributed by atoms with Crippen molar-refractivity contribution in [2.45, 2.75) is 39.3 Å². The molecule has 0 spiro atoms. The van der Waals surface area contributed by atoms with Gasteiger partial charge in [0.15, 0.2) is 9.84 Å². The number of hydrogen-bond acceptors (Lipinski definition) is 4. The van der Waals surface area contributed by atoms with Gasteiger partial charge in [0.05, 0.1) is 23.6 Å². The smallest absolute Gasteiger partial charge is 0.254 e. The molecule has 148 valence electrons. The first-order valence-electron chi connectivity index (χ1n) is 9.16. The van der Waals surface area contributed by atoms with Gasteiger partial charge in [-0.1, -0.05) is 13.8 Å². The van der Waals surface area contributed by atoms with Crippen LogP contribution in [0.2, 0.25) is 0 Å². The van der Waals surface area contributed by atoms with Crippen molar-refractivity contribution in [1.82, 2.24) is 9.80 Å². The first-order valence-corrected chi connectivity index (χ1v) is 11.0. The van der Waals surface area contributed by atoms with E-state index in [1.165, 1.54) is 18.2 Å². The summed E-state index contributed by atoms with van der Waals surface area (Å²) < 4.78 is 38.0. The second-order valence-corrected chi connectivity index (χ2v) is 10.0. The van der Waals surface area contributed by atoms with Crippen molar-refractivity contribution in [3.05, 3.63) is 35.1 Å². The van der Waals surface area contributed by atoms with Gasteiger partial charge >= 0.3 is 0 Å². The molecule has 2 saturated heterocycles. The Morgan fingerprint density at radius 1 is 1.15 bits per heavy atom. The monoisotopic (exact) mass is 396 g/mol. The van der Waals surface area contributed by atoms with Gasteiger partial charge in [-0.15, -0.1) is 0 Å². The minimum Gasteiger partial charge on any atom is -0.335 e. The predicted molar refractivity (Wildman–Crippen MR) is 99.6 cm³/mol. The number of rotatable bonds is 3. The zero-order chi connectivity index (χ0) is 19.9. The maximum Gasteiger partial charge on any atom is 0.254 e. The molecule has 0 unspecified atom stereocenters. The van der Waals surface area contributed by atoms with E-state index >= 15 is 0 Å². The van der Waals surface area contributed by atoms with E-state index in [1.807, 2.05) is 13.8 Å². The molecule has 2 atom stereocenters. The van der Waals surface area contributed by atoms with Gasteiger partial charge in [0.25, 0.3) is 5.91 Å². The number of aryl methyl sites for hydroxylation is 1. The number of fused-ring (bicyclic) bond motifs is 1. The Bertz CT molecular complexity index is 868. The molecule has 2 aliphatic rings. The van der Waals surface area contributed by atoms with E-state index in [9.17, 15) is 22.4 Å². The first-order chi connectivity index (χ1) is 12.6. The maximum absolute atomic E-state index is 13.5. The number of halogens is 1. The summed E-state index contributed by atoms with van der Waals surface area (Å²) in [6.07, 6.45) is 0.356. The Labute approximate surface area is 159 Å². The molecule has 2 fully saturated rings. The highest BCUT2D eigenvalue weighted by atomic mass is 32.2. The van der Waals surface area contributed by atoms with Gasteiger partial charge < -0.3 is 9.80 Å². The lowest BCUT2D eigenvalue weighted by atomic mass is 10.0. The van der Waals surface area contributed by atoms with Crippen molar-refractivity contribution in [3.63, 3.8) is 0 Å². The van der Waals surface area contributed by atoms with Crippen LogP contribution in [0.3, 0.4) is 0 Å². The Hall–Kier alpha value is -1.96. The average Bonchev–Trinajstić information content (AvgIpc) is 2.89. The lowest BCUT2D eigenvalue weighted by molar-refractivity contribution is -0.137. The standard InChI is InChI=1S/C19H25FN2O4S/c1-12(2)8-18(23)21-6-7-22(17-11-27(25,26)10-16(17)21)19(24)14-4-5-15(20)13(3)9-14/h4-5,9,12,16-17H,6-8,10-11H2,1-3H3/t16-,17+/m1/s1. The van der Waals surface area contributed by atoms with Crippen LogP contribution >= 0.6 is 0 Å². The van der Waals surface area contributed by atoms with E-state index in [0.717, 1.165) is 0 Å². The molecule has 0 N–H and O–H groups in total. The number of benzene rings is 1. The molecule has 27 heavy (non-hydrogen) atoms. The number of sulfone groups is 1. The van der Waals surface area contributed by atoms with Gasteiger partial charge in [-0.05, 0) is 36.6 Å². The second kappa shape index (κ2) is 7.22. The number of amides is 2. The van der Waals surface area contributed by atoms with E-state index in [4.69, 9.17) is 0 Å². The molecule has 1 aromatic rings. The predicted octanol–water partition coefficient (Wildman–Crippen LogP) is 1.63. The van der Waals surface area contributed by atoms with Gasteiger partial charge in [0.2, 0.25) is 5.91 Å². The third-order valence-electron chi connectivity index (χ3n) is 5.24. The summed E-state index contributed by atoms with van der Waals surface area (Å²) in [6.45, 7) is 6.05. The summed E-state index contributed by atoms with van der Waals surface area (Å²) in [7, 11) is -3.34. The molecule has 0 radical (unpaired) electrons. The van der Waals surface area contributed by atoms with E-state index in [1.54, 1.807) is 16.7 Å². The summed E-state index contributed by atoms with van der Waals surface area (Å²) in [5, 5.41) is 0. The Morgan fingerprint density at radius 3 is 2.33 bits per heavy atom. The van der Waals surface area contributed by atoms with Gasteiger partial charge in [0.1, 0.15) is 5.82 Å². The maximum atomic E-state index is 13.5. The molecule has 3 rings (SSSR count). The van der Waals surface area contributed by atoms with Crippen molar-refractivity contribution >= 4 is 21.7 Å². The summed E-state index contributed by atoms with van der Waals surface area (Å²) in [4.78, 5) is 28.7. The van der Waals surface area contributed by atoms with Crippen LogP contribution in [0.4, 0.5) is 4.39 Å². The molecular weight excluding hydrogens is 371 g/mol. The molecule has 0 aromatic heterocycles. The summed E-state index contributed by atoms with van der Waals surface area (Å²) >= 11 is 0. The fraction of sp³-hybridized carbons (Fsp3) is 0.579. The third kappa shape index (κ3) is 4.00. The number of carbonyl (C=O) groups excluding carboxylic acids is 2. The van der Waals surface area contributed by atoms with Crippen LogP contribution in [0.1, 0.15) is 36.2 Å². The van der Waals surface area contributed by atoms with E-state index in [2.05, 4.69) is 0 Å². The SMILES string of the molecule is Cc1cc(C(=O)N2CCN(C(=O)CC(C)C)[C@@H]3CS(=O)(=O)C[C@@H]32)ccc1F. The van der Waals surface area contributed by atoms with E-state index in [0.29, 0.717) is 24.1 Å². The topological polar surface area (TPSA) is 74.8 Å². The Balaban J connectivity index is 1.87. The fourth-order valence-corrected chi connectivity index (χ4v) is 5.91. The van der Waals surface area contributed by atoms with Crippen LogP contribution in [0, 0.1) is 18.7 Å². The highest BCUT2D eigenvalue weighted by Gasteiger charge is 2.49. The van der Waals surface area contributed by atoms with E-state index < -0.39 is 27.7 Å². The lowest BCUT2D eigenvalue weighted by Crippen LogP contribution is -2.62. The zero-order valence-corrected chi connectivity index (χ0v) is 16.6. The molecule has 2 aliphatic heterocycles. The minimum absolute atomic E-state index is 0.0678. The fourth-order valence-electron chi connectivity index (χ4n) is 3.92. The normalized spacial score (nSPS) is 24.2. The van der Waals surface area contributed by atoms with Crippen molar-refractivity contribution in [3.8, 4) is 0 Å². The molecular formula is C19H25FN2O4S. The summed E-state index contributed by atoms with van der Waals surface area (Å²) in [6, 6.07) is 3.07. The van der Waals surface area contributed by atoms with Gasteiger partial charge in [-0.3, -0.25) is 9.59 Å². The highest BCUT2D eigenvalue weighted by molar-refractivity contribution is 7.91. The van der Waals surface area contributed by atoms with Gasteiger partial charge in [-0.25, -0.2) is 12.8 Å². The molecule has 2 amide bonds. The molecule has 6 nitrogen and oxygen atoms in total. The minimum atomic E-state index is -3.34. The molecule has 2 heterocycles. The first kappa shape index (κ1) is 19.8. The molecule has 1 aromatic carbocycles. The molecule has 0 aliphatic carbocycles. The summed E-state index contributed by atoms with van der Waals surface area (Å²) in [5.41, 5.74) is 0.695. The van der Waals surface area contributed by atoms with Gasteiger partial charge in [-0.2, -0.15) is 0 Å². The third-order valence-corrected chi connectivity index (χ3v) is 6.94. The molecule has 8 heteroatoms. The van der Waals surface area contributed by atoms with E-state index in [-0.39, 0.29) is 35.8 Å². The lowest BCUT2D eigenvalue weighted by Gasteiger charge is -2.44. The van der Waals surface area contributed by atoms with Gasteiger partial charge in [0, 0.05) is 25.1 Å². The largest absolute Gasteiger partial charge is 0.335 e. The van der Waals surface area contributed by atoms with Crippen molar-refractivity contribution in [1.29, 1.82) is 0 Å². The summed E-state index contributed by atoms with van der Waals surface area (Å²) in [5.74, 6) is -0.862. The van der Waals surface area contributed by atoms with Crippen LogP contribution in [-0.4, -0.2) is 66.7 Å². The van der Waals surface area contributed by atoms with Crippen LogP contribution in [0.25, 0.3) is 0 Å².